The number of carbonyl (C=O) groups is 2. The number of halogens is 2. The minimum atomic E-state index is -2.99. The van der Waals surface area contributed by atoms with E-state index in [-0.39, 0.29) is 30.6 Å². The first-order valence-electron chi connectivity index (χ1n) is 10.5. The van der Waals surface area contributed by atoms with Crippen molar-refractivity contribution in [2.75, 3.05) is 26.3 Å². The number of nitrogens with zero attached hydrogens (tertiary/aromatic N) is 2. The maximum absolute atomic E-state index is 13.1. The molecule has 33 heavy (non-hydrogen) atoms. The maximum atomic E-state index is 13.1. The highest BCUT2D eigenvalue weighted by molar-refractivity contribution is 6.41. The Morgan fingerprint density at radius 2 is 2.21 bits per heavy atom. The van der Waals surface area contributed by atoms with E-state index in [9.17, 15) is 23.5 Å². The first-order valence-corrected chi connectivity index (χ1v) is 10.5. The van der Waals surface area contributed by atoms with Crippen LogP contribution in [0.15, 0.2) is 24.4 Å². The van der Waals surface area contributed by atoms with E-state index in [2.05, 4.69) is 10.3 Å². The lowest BCUT2D eigenvalue weighted by atomic mass is 9.65. The van der Waals surface area contributed by atoms with E-state index >= 15 is 0 Å². The molecular formula is C22H28F2N4O5. The molecule has 4 N–H and O–H groups in total. The van der Waals surface area contributed by atoms with E-state index in [1.165, 1.54) is 6.20 Å². The van der Waals surface area contributed by atoms with Gasteiger partial charge in [-0.25, -0.2) is 13.8 Å². The van der Waals surface area contributed by atoms with Crippen LogP contribution in [0.4, 0.5) is 8.78 Å². The highest BCUT2D eigenvalue weighted by atomic mass is 19.3. The number of nitrogens with one attached hydrogen (secondary N) is 2. The number of carbonyl (C=O) groups excluding carboxylic acids is 2. The Morgan fingerprint density at radius 1 is 1.52 bits per heavy atom. The maximum Gasteiger partial charge on any atom is 0.278 e. The Bertz CT molecular complexity index is 980. The fourth-order valence-corrected chi connectivity index (χ4v) is 3.98. The van der Waals surface area contributed by atoms with Crippen LogP contribution in [0.2, 0.25) is 0 Å². The molecule has 180 valence electrons. The van der Waals surface area contributed by atoms with Gasteiger partial charge in [-0.2, -0.15) is 0 Å². The third-order valence-electron chi connectivity index (χ3n) is 5.99. The molecule has 3 rings (SSSR count). The van der Waals surface area contributed by atoms with Gasteiger partial charge >= 0.3 is 0 Å². The number of likely N-dealkylation sites (tertiary alicyclic amines) is 1. The number of hydrogen-bond acceptors (Lipinski definition) is 7. The zero-order chi connectivity index (χ0) is 24.6. The molecular weight excluding hydrogens is 438 g/mol. The number of fused-ring (bicyclic) bond motifs is 1. The Kier molecular flexibility index (Phi) is 6.85. The number of aliphatic hydroxyl groups is 2. The topological polar surface area (TPSA) is 136 Å². The summed E-state index contributed by atoms with van der Waals surface area (Å²) in [7, 11) is 0. The van der Waals surface area contributed by atoms with Gasteiger partial charge in [0.25, 0.3) is 11.8 Å². The van der Waals surface area contributed by atoms with E-state index in [0.717, 1.165) is 6.92 Å². The number of alkyl halides is 2. The normalized spacial score (nSPS) is 23.5. The van der Waals surface area contributed by atoms with Crippen LogP contribution in [0.25, 0.3) is 0 Å². The van der Waals surface area contributed by atoms with Crippen LogP contribution in [-0.4, -0.2) is 76.0 Å². The summed E-state index contributed by atoms with van der Waals surface area (Å²) in [6.45, 7) is 2.80. The average Bonchev–Trinajstić information content (AvgIpc) is 2.94. The van der Waals surface area contributed by atoms with E-state index in [4.69, 9.17) is 15.3 Å². The van der Waals surface area contributed by atoms with Crippen molar-refractivity contribution in [1.82, 2.24) is 15.2 Å². The van der Waals surface area contributed by atoms with E-state index in [1.807, 2.05) is 0 Å². The van der Waals surface area contributed by atoms with Crippen molar-refractivity contribution < 1.29 is 33.3 Å². The van der Waals surface area contributed by atoms with Crippen LogP contribution < -0.4 is 10.1 Å². The molecule has 1 fully saturated rings. The number of ether oxygens (including phenoxy) is 1. The van der Waals surface area contributed by atoms with E-state index in [1.54, 1.807) is 37.0 Å². The fraction of sp³-hybridized carbons (Fsp3) is 0.545. The highest BCUT2D eigenvalue weighted by Crippen LogP contribution is 2.49. The minimum absolute atomic E-state index is 0.0851. The molecule has 11 heteroatoms. The van der Waals surface area contributed by atoms with Crippen LogP contribution in [0, 0.1) is 23.7 Å². The third kappa shape index (κ3) is 4.88. The molecule has 1 aliphatic heterocycles. The van der Waals surface area contributed by atoms with Gasteiger partial charge in [-0.1, -0.05) is 12.2 Å². The number of aromatic nitrogens is 1. The van der Waals surface area contributed by atoms with Gasteiger partial charge in [0, 0.05) is 31.8 Å². The summed E-state index contributed by atoms with van der Waals surface area (Å²) in [5.41, 5.74) is -0.157. The second kappa shape index (κ2) is 9.14. The quantitative estimate of drug-likeness (QED) is 0.300. The van der Waals surface area contributed by atoms with Gasteiger partial charge in [-0.05, 0) is 25.5 Å². The van der Waals surface area contributed by atoms with Gasteiger partial charge in [0.15, 0.2) is 6.61 Å². The molecule has 9 nitrogen and oxygen atoms in total. The molecule has 0 saturated carbocycles. The van der Waals surface area contributed by atoms with E-state index in [0.29, 0.717) is 11.1 Å². The molecule has 1 aliphatic carbocycles. The third-order valence-corrected chi connectivity index (χ3v) is 5.99. The molecule has 4 unspecified atom stereocenters. The SMILES string of the molecule is Cc1cc(C(C)N2CC3(C(=N)C(=O)NCC(O)CO)C=CC3C2=O)cnc1OCC(C)(F)F. The highest BCUT2D eigenvalue weighted by Gasteiger charge is 2.59. The van der Waals surface area contributed by atoms with Gasteiger partial charge < -0.3 is 25.2 Å². The van der Waals surface area contributed by atoms with Gasteiger partial charge in [0.2, 0.25) is 11.8 Å². The summed E-state index contributed by atoms with van der Waals surface area (Å²) in [5.74, 6) is -4.51. The smallest absolute Gasteiger partial charge is 0.278 e. The van der Waals surface area contributed by atoms with Crippen molar-refractivity contribution in [3.63, 3.8) is 0 Å². The van der Waals surface area contributed by atoms with Crippen LogP contribution >= 0.6 is 0 Å². The molecule has 2 amide bonds. The van der Waals surface area contributed by atoms with Gasteiger partial charge in [0.05, 0.1) is 30.1 Å². The number of aliphatic hydroxyl groups excluding tert-OH is 2. The lowest BCUT2D eigenvalue weighted by Gasteiger charge is -2.35. The summed E-state index contributed by atoms with van der Waals surface area (Å²) in [4.78, 5) is 31.2. The zero-order valence-corrected chi connectivity index (χ0v) is 18.6. The predicted molar refractivity (Wildman–Crippen MR) is 114 cm³/mol. The van der Waals surface area contributed by atoms with Crippen molar-refractivity contribution >= 4 is 17.5 Å². The number of hydrogen-bond donors (Lipinski definition) is 4. The van der Waals surface area contributed by atoms with Crippen molar-refractivity contribution in [2.24, 2.45) is 11.3 Å². The number of amides is 2. The van der Waals surface area contributed by atoms with Crippen molar-refractivity contribution in [2.45, 2.75) is 38.8 Å². The molecule has 2 heterocycles. The van der Waals surface area contributed by atoms with Gasteiger partial charge in [0.1, 0.15) is 5.71 Å². The van der Waals surface area contributed by atoms with Gasteiger partial charge in [-0.15, -0.1) is 0 Å². The number of rotatable bonds is 10. The van der Waals surface area contributed by atoms with Crippen LogP contribution in [0.5, 0.6) is 5.88 Å². The lowest BCUT2D eigenvalue weighted by Crippen LogP contribution is -2.50. The molecule has 2 aliphatic rings. The molecule has 0 bridgehead atoms. The first-order chi connectivity index (χ1) is 15.4. The summed E-state index contributed by atoms with van der Waals surface area (Å²) in [6.07, 6.45) is 3.64. The fourth-order valence-electron chi connectivity index (χ4n) is 3.98. The second-order valence-electron chi connectivity index (χ2n) is 8.69. The lowest BCUT2D eigenvalue weighted by molar-refractivity contribution is -0.132. The van der Waals surface area contributed by atoms with Crippen LogP contribution in [-0.2, 0) is 9.59 Å². The number of pyridine rings is 1. The summed E-state index contributed by atoms with van der Waals surface area (Å²) >= 11 is 0. The van der Waals surface area contributed by atoms with Crippen LogP contribution in [0.3, 0.4) is 0 Å². The Labute approximate surface area is 190 Å². The molecule has 0 spiro atoms. The predicted octanol–water partition coefficient (Wildman–Crippen LogP) is 0.989. The average molecular weight is 466 g/mol. The number of aryl methyl sites for hydroxylation is 1. The molecule has 0 radical (unpaired) electrons. The zero-order valence-electron chi connectivity index (χ0n) is 18.6. The summed E-state index contributed by atoms with van der Waals surface area (Å²) < 4.78 is 31.2. The summed E-state index contributed by atoms with van der Waals surface area (Å²) in [5, 5.41) is 29.1. The Balaban J connectivity index is 1.72. The van der Waals surface area contributed by atoms with Gasteiger partial charge in [-0.3, -0.25) is 15.0 Å². The van der Waals surface area contributed by atoms with Crippen molar-refractivity contribution in [1.29, 1.82) is 5.41 Å². The van der Waals surface area contributed by atoms with Crippen molar-refractivity contribution in [3.8, 4) is 5.88 Å². The summed E-state index contributed by atoms with van der Waals surface area (Å²) in [6, 6.07) is 1.27. The van der Waals surface area contributed by atoms with Crippen LogP contribution in [0.1, 0.15) is 31.0 Å². The molecule has 1 aromatic heterocycles. The van der Waals surface area contributed by atoms with Crippen molar-refractivity contribution in [3.05, 3.63) is 35.5 Å². The Hall–Kier alpha value is -2.92. The Morgan fingerprint density at radius 3 is 2.76 bits per heavy atom. The standard InChI is InChI=1S/C22H28F2N4O5/c1-12-6-14(7-27-19(12)33-11-21(3,23)24)13(2)28-10-22(5-4-16(22)20(28)32)17(25)18(31)26-8-15(30)9-29/h4-7,13,15-16,25,29-30H,8-11H2,1-3H3,(H,26,31). The molecule has 1 saturated heterocycles. The molecule has 0 aromatic carbocycles. The molecule has 1 aromatic rings. The monoisotopic (exact) mass is 466 g/mol. The second-order valence-corrected chi connectivity index (χ2v) is 8.69. The largest absolute Gasteiger partial charge is 0.471 e. The molecule has 4 atom stereocenters. The van der Waals surface area contributed by atoms with E-state index < -0.39 is 48.5 Å². The minimum Gasteiger partial charge on any atom is -0.471 e. The first kappa shape index (κ1) is 24.7.